The summed E-state index contributed by atoms with van der Waals surface area (Å²) in [5, 5.41) is 2.77. The van der Waals surface area contributed by atoms with Crippen molar-refractivity contribution in [2.75, 3.05) is 31.4 Å². The molecule has 3 heterocycles. The summed E-state index contributed by atoms with van der Waals surface area (Å²) in [7, 11) is -0.884. The number of rotatable bonds is 6. The second-order valence-electron chi connectivity index (χ2n) is 11.1. The zero-order valence-electron chi connectivity index (χ0n) is 23.0. The molecule has 1 atom stereocenters. The monoisotopic (exact) mass is 582 g/mol. The highest BCUT2D eigenvalue weighted by Crippen LogP contribution is 2.42. The number of thioether (sulfide) groups is 1. The standard InChI is InChI=1S/C29H32ClFN4O2SSi/c1-28(2,3)39(19-13-9-7-10-14-19,20-15-11-8-12-16-20)37-18-29(4)17-36-26-21-23(22(31)24(30)33-26)32-27(38-6)34-25(21)35(29)5/h7-16H,17-18H2,1-6H3. The minimum Gasteiger partial charge on any atom is -0.474 e. The number of ether oxygens (including phenoxy) is 1. The number of nitrogens with zero attached hydrogens (tertiary/aromatic N) is 4. The average Bonchev–Trinajstić information content (AvgIpc) is 3.03. The van der Waals surface area contributed by atoms with E-state index in [1.54, 1.807) is 0 Å². The van der Waals surface area contributed by atoms with Crippen molar-refractivity contribution in [2.24, 2.45) is 0 Å². The van der Waals surface area contributed by atoms with Crippen LogP contribution in [-0.4, -0.2) is 55.3 Å². The first-order chi connectivity index (χ1) is 18.5. The molecule has 0 saturated heterocycles. The van der Waals surface area contributed by atoms with Crippen LogP contribution >= 0.6 is 23.4 Å². The smallest absolute Gasteiger partial charge is 0.261 e. The van der Waals surface area contributed by atoms with Gasteiger partial charge in [-0.1, -0.05) is 105 Å². The molecule has 1 unspecified atom stereocenters. The highest BCUT2D eigenvalue weighted by molar-refractivity contribution is 7.98. The molecule has 0 saturated carbocycles. The molecule has 5 rings (SSSR count). The van der Waals surface area contributed by atoms with Gasteiger partial charge in [0.2, 0.25) is 5.88 Å². The van der Waals surface area contributed by atoms with E-state index in [1.807, 2.05) is 30.3 Å². The van der Waals surface area contributed by atoms with Gasteiger partial charge in [-0.2, -0.15) is 4.98 Å². The number of pyridine rings is 1. The van der Waals surface area contributed by atoms with Gasteiger partial charge < -0.3 is 14.1 Å². The fraction of sp³-hybridized carbons (Fsp3) is 0.345. The van der Waals surface area contributed by atoms with Crippen LogP contribution in [0.1, 0.15) is 27.7 Å². The lowest BCUT2D eigenvalue weighted by molar-refractivity contribution is 0.149. The number of hydrogen-bond acceptors (Lipinski definition) is 7. The van der Waals surface area contributed by atoms with Crippen molar-refractivity contribution >= 4 is 58.8 Å². The summed E-state index contributed by atoms with van der Waals surface area (Å²) in [6, 6.07) is 21.0. The molecule has 0 amide bonds. The minimum atomic E-state index is -2.82. The number of halogens is 2. The highest BCUT2D eigenvalue weighted by Gasteiger charge is 2.52. The van der Waals surface area contributed by atoms with Crippen molar-refractivity contribution in [1.82, 2.24) is 15.0 Å². The first-order valence-electron chi connectivity index (χ1n) is 12.7. The lowest BCUT2D eigenvalue weighted by Crippen LogP contribution is -2.68. The van der Waals surface area contributed by atoms with Crippen molar-refractivity contribution in [3.05, 3.63) is 71.6 Å². The molecular weight excluding hydrogens is 551 g/mol. The van der Waals surface area contributed by atoms with Crippen LogP contribution in [0, 0.1) is 5.82 Å². The third-order valence-electron chi connectivity index (χ3n) is 7.52. The Morgan fingerprint density at radius 3 is 2.18 bits per heavy atom. The molecule has 0 N–H and O–H groups in total. The van der Waals surface area contributed by atoms with Crippen LogP contribution in [0.2, 0.25) is 10.2 Å². The van der Waals surface area contributed by atoms with E-state index in [0.29, 0.717) is 23.0 Å². The summed E-state index contributed by atoms with van der Waals surface area (Å²) in [6.07, 6.45) is 1.86. The van der Waals surface area contributed by atoms with Crippen LogP contribution in [0.4, 0.5) is 10.2 Å². The van der Waals surface area contributed by atoms with Crippen LogP contribution in [0.25, 0.3) is 10.9 Å². The minimum absolute atomic E-state index is 0.100. The third kappa shape index (κ3) is 4.69. The Morgan fingerprint density at radius 1 is 1.05 bits per heavy atom. The normalized spacial score (nSPS) is 17.7. The van der Waals surface area contributed by atoms with Gasteiger partial charge in [0.05, 0.1) is 12.1 Å². The van der Waals surface area contributed by atoms with E-state index in [9.17, 15) is 0 Å². The molecule has 1 aliphatic heterocycles. The predicted molar refractivity (Wildman–Crippen MR) is 160 cm³/mol. The first-order valence-corrected chi connectivity index (χ1v) is 16.3. The molecule has 0 fully saturated rings. The molecule has 4 aromatic rings. The summed E-state index contributed by atoms with van der Waals surface area (Å²) >= 11 is 7.48. The molecule has 39 heavy (non-hydrogen) atoms. The van der Waals surface area contributed by atoms with Crippen LogP contribution in [0.15, 0.2) is 65.8 Å². The maximum atomic E-state index is 15.1. The largest absolute Gasteiger partial charge is 0.474 e. The fourth-order valence-electron chi connectivity index (χ4n) is 5.26. The van der Waals surface area contributed by atoms with Crippen LogP contribution in [-0.2, 0) is 4.43 Å². The number of likely N-dealkylation sites (N-methyl/N-ethyl adjacent to an activating group) is 1. The van der Waals surface area contributed by atoms with Crippen molar-refractivity contribution in [3.63, 3.8) is 0 Å². The number of anilines is 1. The summed E-state index contributed by atoms with van der Waals surface area (Å²) in [5.74, 6) is 0.0760. The van der Waals surface area contributed by atoms with E-state index >= 15 is 4.39 Å². The molecule has 1 aliphatic rings. The van der Waals surface area contributed by atoms with E-state index in [1.165, 1.54) is 22.1 Å². The first kappa shape index (κ1) is 27.8. The lowest BCUT2D eigenvalue weighted by atomic mass is 10.0. The predicted octanol–water partition coefficient (Wildman–Crippen LogP) is 5.70. The van der Waals surface area contributed by atoms with Crippen molar-refractivity contribution in [2.45, 2.75) is 43.4 Å². The maximum Gasteiger partial charge on any atom is 0.261 e. The van der Waals surface area contributed by atoms with Gasteiger partial charge >= 0.3 is 0 Å². The molecule has 6 nitrogen and oxygen atoms in total. The van der Waals surface area contributed by atoms with Gasteiger partial charge in [0.25, 0.3) is 8.32 Å². The molecule has 0 bridgehead atoms. The Balaban J connectivity index is 1.63. The molecule has 10 heteroatoms. The third-order valence-corrected chi connectivity index (χ3v) is 13.3. The summed E-state index contributed by atoms with van der Waals surface area (Å²) in [6.45, 7) is 9.38. The topological polar surface area (TPSA) is 60.4 Å². The van der Waals surface area contributed by atoms with Crippen LogP contribution < -0.4 is 20.0 Å². The lowest BCUT2D eigenvalue weighted by Gasteiger charge is -2.46. The van der Waals surface area contributed by atoms with Gasteiger partial charge in [-0.25, -0.2) is 14.4 Å². The molecule has 2 aromatic carbocycles. The molecule has 0 spiro atoms. The Hall–Kier alpha value is -2.72. The van der Waals surface area contributed by atoms with Crippen molar-refractivity contribution in [1.29, 1.82) is 0 Å². The zero-order valence-corrected chi connectivity index (χ0v) is 25.5. The van der Waals surface area contributed by atoms with Gasteiger partial charge in [-0.05, 0) is 28.6 Å². The number of hydrogen-bond donors (Lipinski definition) is 0. The van der Waals surface area contributed by atoms with Crippen LogP contribution in [0.3, 0.4) is 0 Å². The number of aromatic nitrogens is 3. The Labute approximate surface area is 239 Å². The summed E-state index contributed by atoms with van der Waals surface area (Å²) in [4.78, 5) is 15.4. The van der Waals surface area contributed by atoms with E-state index in [4.69, 9.17) is 25.7 Å². The Bertz CT molecular complexity index is 1470. The SMILES string of the molecule is CSc1nc2c3c(nc(Cl)c(F)c3n1)OCC(C)(CO[Si](c1ccccc1)(c1ccccc1)C(C)(C)C)N2C. The van der Waals surface area contributed by atoms with E-state index < -0.39 is 19.7 Å². The van der Waals surface area contributed by atoms with Gasteiger partial charge in [0, 0.05) is 7.05 Å². The fourth-order valence-corrected chi connectivity index (χ4v) is 10.5. The summed E-state index contributed by atoms with van der Waals surface area (Å²) < 4.78 is 28.6. The second kappa shape index (κ2) is 10.4. The molecular formula is C29H32ClFN4O2SSi. The van der Waals surface area contributed by atoms with Crippen LogP contribution in [0.5, 0.6) is 5.88 Å². The van der Waals surface area contributed by atoms with Gasteiger partial charge in [-0.3, -0.25) is 0 Å². The molecule has 0 radical (unpaired) electrons. The van der Waals surface area contributed by atoms with E-state index in [0.717, 1.165) is 0 Å². The molecule has 204 valence electrons. The van der Waals surface area contributed by atoms with Gasteiger partial charge in [-0.15, -0.1) is 0 Å². The van der Waals surface area contributed by atoms with E-state index in [2.05, 4.69) is 86.2 Å². The zero-order chi connectivity index (χ0) is 28.0. The quantitative estimate of drug-likeness (QED) is 0.125. The Morgan fingerprint density at radius 2 is 1.64 bits per heavy atom. The van der Waals surface area contributed by atoms with Gasteiger partial charge in [0.1, 0.15) is 23.3 Å². The second-order valence-corrected chi connectivity index (χ2v) is 16.5. The molecule has 0 aliphatic carbocycles. The summed E-state index contributed by atoms with van der Waals surface area (Å²) in [5.41, 5.74) is -0.573. The number of benzene rings is 2. The highest BCUT2D eigenvalue weighted by atomic mass is 35.5. The molecule has 2 aromatic heterocycles. The average molecular weight is 583 g/mol. The van der Waals surface area contributed by atoms with E-state index in [-0.39, 0.29) is 28.2 Å². The van der Waals surface area contributed by atoms with Crippen molar-refractivity contribution < 1.29 is 13.6 Å². The van der Waals surface area contributed by atoms with Crippen molar-refractivity contribution in [3.8, 4) is 5.88 Å². The van der Waals surface area contributed by atoms with Gasteiger partial charge in [0.15, 0.2) is 16.1 Å². The Kier molecular flexibility index (Phi) is 7.39. The maximum absolute atomic E-state index is 15.1.